The molecule has 3 N–H and O–H groups in total. The van der Waals surface area contributed by atoms with Crippen LogP contribution < -0.4 is 15.8 Å². The topological polar surface area (TPSA) is 77.2 Å². The van der Waals surface area contributed by atoms with Crippen molar-refractivity contribution in [1.29, 1.82) is 0 Å². The summed E-state index contributed by atoms with van der Waals surface area (Å²) in [6.45, 7) is 0.0582. The first-order chi connectivity index (χ1) is 11.2. The lowest BCUT2D eigenvalue weighted by molar-refractivity contribution is -0.118. The molecule has 0 atom stereocenters. The molecule has 1 aliphatic rings. The third-order valence-corrected chi connectivity index (χ3v) is 4.44. The van der Waals surface area contributed by atoms with Crippen LogP contribution in [0.3, 0.4) is 0 Å². The lowest BCUT2D eigenvalue weighted by Gasteiger charge is -2.18. The summed E-state index contributed by atoms with van der Waals surface area (Å²) < 4.78 is 5.37. The highest BCUT2D eigenvalue weighted by molar-refractivity contribution is 7.13. The van der Waals surface area contributed by atoms with E-state index in [2.05, 4.69) is 10.3 Å². The van der Waals surface area contributed by atoms with Crippen LogP contribution in [0.15, 0.2) is 47.8 Å². The van der Waals surface area contributed by atoms with E-state index < -0.39 is 0 Å². The van der Waals surface area contributed by atoms with Crippen LogP contribution in [0.5, 0.6) is 5.75 Å². The van der Waals surface area contributed by atoms with Crippen molar-refractivity contribution in [3.05, 3.63) is 47.8 Å². The maximum atomic E-state index is 11.4. The standard InChI is InChI=1S/C17H13N3O2S/c18-12-3-1-2-11(6-12)17-20-14(9-23-17)10-4-5-15-13(7-10)19-16(21)8-22-15/h1-7,9H,8,18H2,(H,19,21). The monoisotopic (exact) mass is 323 g/mol. The summed E-state index contributed by atoms with van der Waals surface area (Å²) in [6, 6.07) is 13.3. The van der Waals surface area contributed by atoms with Crippen molar-refractivity contribution in [2.45, 2.75) is 0 Å². The third kappa shape index (κ3) is 2.64. The van der Waals surface area contributed by atoms with Gasteiger partial charge in [0.2, 0.25) is 0 Å². The van der Waals surface area contributed by atoms with Gasteiger partial charge in [0.15, 0.2) is 6.61 Å². The molecule has 4 rings (SSSR count). The molecule has 3 aromatic rings. The Morgan fingerprint density at radius 1 is 1.17 bits per heavy atom. The fourth-order valence-electron chi connectivity index (χ4n) is 2.45. The number of aromatic nitrogens is 1. The molecule has 6 heteroatoms. The summed E-state index contributed by atoms with van der Waals surface area (Å²) in [5.41, 5.74) is 10.0. The molecule has 0 saturated heterocycles. The Kier molecular flexibility index (Phi) is 3.24. The summed E-state index contributed by atoms with van der Waals surface area (Å²) in [5.74, 6) is 0.535. The van der Waals surface area contributed by atoms with Gasteiger partial charge in [0, 0.05) is 22.2 Å². The normalized spacial score (nSPS) is 13.1. The first-order valence-electron chi connectivity index (χ1n) is 7.07. The van der Waals surface area contributed by atoms with Crippen LogP contribution in [0.4, 0.5) is 11.4 Å². The first-order valence-corrected chi connectivity index (χ1v) is 7.95. The number of thiazole rings is 1. The van der Waals surface area contributed by atoms with E-state index in [0.29, 0.717) is 17.1 Å². The summed E-state index contributed by atoms with van der Waals surface area (Å²) in [7, 11) is 0. The van der Waals surface area contributed by atoms with Gasteiger partial charge in [-0.05, 0) is 30.3 Å². The van der Waals surface area contributed by atoms with Gasteiger partial charge in [-0.2, -0.15) is 0 Å². The number of hydrogen-bond acceptors (Lipinski definition) is 5. The molecule has 0 aliphatic carbocycles. The molecule has 1 aliphatic heterocycles. The minimum atomic E-state index is -0.145. The second-order valence-electron chi connectivity index (χ2n) is 5.21. The van der Waals surface area contributed by atoms with Crippen molar-refractivity contribution in [2.75, 3.05) is 17.7 Å². The SMILES string of the molecule is Nc1cccc(-c2nc(-c3ccc4c(c3)NC(=O)CO4)cs2)c1. The number of ether oxygens (including phenoxy) is 1. The van der Waals surface area contributed by atoms with Crippen molar-refractivity contribution in [1.82, 2.24) is 4.98 Å². The second-order valence-corrected chi connectivity index (χ2v) is 6.07. The molecular weight excluding hydrogens is 310 g/mol. The fourth-order valence-corrected chi connectivity index (χ4v) is 3.28. The predicted molar refractivity (Wildman–Crippen MR) is 91.5 cm³/mol. The van der Waals surface area contributed by atoms with Crippen LogP contribution in [0.1, 0.15) is 0 Å². The minimum Gasteiger partial charge on any atom is -0.482 e. The number of fused-ring (bicyclic) bond motifs is 1. The van der Waals surface area contributed by atoms with E-state index >= 15 is 0 Å². The molecule has 2 heterocycles. The van der Waals surface area contributed by atoms with E-state index in [4.69, 9.17) is 10.5 Å². The zero-order chi connectivity index (χ0) is 15.8. The van der Waals surface area contributed by atoms with Crippen LogP contribution in [-0.2, 0) is 4.79 Å². The van der Waals surface area contributed by atoms with E-state index in [1.807, 2.05) is 47.8 Å². The van der Waals surface area contributed by atoms with Crippen LogP contribution in [0.25, 0.3) is 21.8 Å². The Hall–Kier alpha value is -2.86. The number of carbonyl (C=O) groups excluding carboxylic acids is 1. The molecule has 1 amide bonds. The number of nitrogens with one attached hydrogen (secondary N) is 1. The number of carbonyl (C=O) groups is 1. The van der Waals surface area contributed by atoms with Crippen molar-refractivity contribution in [3.63, 3.8) is 0 Å². The Morgan fingerprint density at radius 3 is 2.96 bits per heavy atom. The number of hydrogen-bond donors (Lipinski definition) is 2. The van der Waals surface area contributed by atoms with Gasteiger partial charge in [0.05, 0.1) is 11.4 Å². The number of benzene rings is 2. The maximum absolute atomic E-state index is 11.4. The fraction of sp³-hybridized carbons (Fsp3) is 0.0588. The predicted octanol–water partition coefficient (Wildman–Crippen LogP) is 3.39. The smallest absolute Gasteiger partial charge is 0.262 e. The third-order valence-electron chi connectivity index (χ3n) is 3.55. The van der Waals surface area contributed by atoms with Gasteiger partial charge in [-0.3, -0.25) is 4.79 Å². The highest BCUT2D eigenvalue weighted by Gasteiger charge is 2.17. The molecule has 0 spiro atoms. The van der Waals surface area contributed by atoms with Crippen molar-refractivity contribution < 1.29 is 9.53 Å². The van der Waals surface area contributed by atoms with E-state index in [1.54, 1.807) is 11.3 Å². The van der Waals surface area contributed by atoms with Gasteiger partial charge in [-0.1, -0.05) is 12.1 Å². The number of nitrogen functional groups attached to an aromatic ring is 1. The molecule has 1 aromatic heterocycles. The van der Waals surface area contributed by atoms with Gasteiger partial charge < -0.3 is 15.8 Å². The van der Waals surface area contributed by atoms with Gasteiger partial charge in [-0.15, -0.1) is 11.3 Å². The summed E-state index contributed by atoms with van der Waals surface area (Å²) in [4.78, 5) is 16.1. The largest absolute Gasteiger partial charge is 0.482 e. The highest BCUT2D eigenvalue weighted by Crippen LogP contribution is 2.35. The number of nitrogens with two attached hydrogens (primary N) is 1. The van der Waals surface area contributed by atoms with Crippen LogP contribution >= 0.6 is 11.3 Å². The summed E-state index contributed by atoms with van der Waals surface area (Å²) in [5, 5.41) is 5.71. The molecule has 0 saturated carbocycles. The number of anilines is 2. The Morgan fingerprint density at radius 2 is 2.09 bits per heavy atom. The number of nitrogens with zero attached hydrogens (tertiary/aromatic N) is 1. The second kappa shape index (κ2) is 5.40. The molecular formula is C17H13N3O2S. The molecule has 0 radical (unpaired) electrons. The van der Waals surface area contributed by atoms with Gasteiger partial charge in [-0.25, -0.2) is 4.98 Å². The van der Waals surface area contributed by atoms with Gasteiger partial charge >= 0.3 is 0 Å². The quantitative estimate of drug-likeness (QED) is 0.709. The molecule has 2 aromatic carbocycles. The van der Waals surface area contributed by atoms with E-state index in [-0.39, 0.29) is 12.5 Å². The lowest BCUT2D eigenvalue weighted by atomic mass is 10.1. The van der Waals surface area contributed by atoms with Gasteiger partial charge in [0.1, 0.15) is 10.8 Å². The number of amides is 1. The first kappa shape index (κ1) is 13.8. The Balaban J connectivity index is 1.69. The van der Waals surface area contributed by atoms with E-state index in [0.717, 1.165) is 21.8 Å². The number of rotatable bonds is 2. The molecule has 114 valence electrons. The maximum Gasteiger partial charge on any atom is 0.262 e. The average molecular weight is 323 g/mol. The molecule has 0 bridgehead atoms. The van der Waals surface area contributed by atoms with Crippen molar-refractivity contribution in [3.8, 4) is 27.6 Å². The van der Waals surface area contributed by atoms with E-state index in [1.165, 1.54) is 0 Å². The summed E-state index contributed by atoms with van der Waals surface area (Å²) in [6.07, 6.45) is 0. The summed E-state index contributed by atoms with van der Waals surface area (Å²) >= 11 is 1.56. The van der Waals surface area contributed by atoms with Crippen LogP contribution in [0, 0.1) is 0 Å². The molecule has 0 fully saturated rings. The Bertz CT molecular complexity index is 904. The molecule has 5 nitrogen and oxygen atoms in total. The minimum absolute atomic E-state index is 0.0582. The zero-order valence-corrected chi connectivity index (χ0v) is 12.9. The van der Waals surface area contributed by atoms with Crippen LogP contribution in [0.2, 0.25) is 0 Å². The molecule has 23 heavy (non-hydrogen) atoms. The zero-order valence-electron chi connectivity index (χ0n) is 12.1. The van der Waals surface area contributed by atoms with Crippen molar-refractivity contribution in [2.24, 2.45) is 0 Å². The van der Waals surface area contributed by atoms with Gasteiger partial charge in [0.25, 0.3) is 5.91 Å². The van der Waals surface area contributed by atoms with E-state index in [9.17, 15) is 4.79 Å². The average Bonchev–Trinajstić information content (AvgIpc) is 3.04. The Labute approximate surface area is 136 Å². The lowest BCUT2D eigenvalue weighted by Crippen LogP contribution is -2.25. The molecule has 0 unspecified atom stereocenters. The van der Waals surface area contributed by atoms with Crippen molar-refractivity contribution >= 4 is 28.6 Å². The van der Waals surface area contributed by atoms with Crippen LogP contribution in [-0.4, -0.2) is 17.5 Å². The highest BCUT2D eigenvalue weighted by atomic mass is 32.1.